The summed E-state index contributed by atoms with van der Waals surface area (Å²) in [6.45, 7) is 0. The first-order chi connectivity index (χ1) is 9.63. The molecule has 20 heavy (non-hydrogen) atoms. The predicted octanol–water partition coefficient (Wildman–Crippen LogP) is 3.75. The molecule has 102 valence electrons. The standard InChI is InChI=1S/C14H11ClN2O2S/c15-10-5-8(1-4-13(10)20-9-2-3-9)11-6-12(14(18)19)17-7-16-11/h1,4-7,9H,2-3H2,(H,18,19). The number of hydrogen-bond acceptors (Lipinski definition) is 4. The molecule has 4 nitrogen and oxygen atoms in total. The Labute approximate surface area is 125 Å². The lowest BCUT2D eigenvalue weighted by Crippen LogP contribution is -2.01. The molecule has 0 bridgehead atoms. The Hall–Kier alpha value is -1.59. The summed E-state index contributed by atoms with van der Waals surface area (Å²) in [5.74, 6) is -1.07. The first-order valence-corrected chi connectivity index (χ1v) is 7.41. The number of thioether (sulfide) groups is 1. The largest absolute Gasteiger partial charge is 0.477 e. The fourth-order valence-electron chi connectivity index (χ4n) is 1.75. The van der Waals surface area contributed by atoms with E-state index >= 15 is 0 Å². The molecule has 0 saturated heterocycles. The van der Waals surface area contributed by atoms with Crippen LogP contribution >= 0.6 is 23.4 Å². The molecule has 0 radical (unpaired) electrons. The minimum Gasteiger partial charge on any atom is -0.477 e. The van der Waals surface area contributed by atoms with Gasteiger partial charge in [-0.05, 0) is 31.0 Å². The van der Waals surface area contributed by atoms with Crippen molar-refractivity contribution in [3.63, 3.8) is 0 Å². The van der Waals surface area contributed by atoms with Crippen molar-refractivity contribution in [2.24, 2.45) is 0 Å². The molecule has 0 unspecified atom stereocenters. The minimum absolute atomic E-state index is 0.0254. The Bertz CT molecular complexity index is 674. The van der Waals surface area contributed by atoms with Crippen LogP contribution in [0.2, 0.25) is 5.02 Å². The van der Waals surface area contributed by atoms with E-state index in [4.69, 9.17) is 16.7 Å². The van der Waals surface area contributed by atoms with Gasteiger partial charge in [-0.3, -0.25) is 0 Å². The summed E-state index contributed by atoms with van der Waals surface area (Å²) in [4.78, 5) is 19.8. The lowest BCUT2D eigenvalue weighted by molar-refractivity contribution is 0.0690. The Morgan fingerprint density at radius 2 is 2.10 bits per heavy atom. The SMILES string of the molecule is O=C(O)c1cc(-c2ccc(SC3CC3)c(Cl)c2)ncn1. The summed E-state index contributed by atoms with van der Waals surface area (Å²) in [7, 11) is 0. The second kappa shape index (κ2) is 5.42. The third kappa shape index (κ3) is 2.94. The molecule has 1 aliphatic rings. The van der Waals surface area contributed by atoms with Gasteiger partial charge in [0.1, 0.15) is 6.33 Å². The van der Waals surface area contributed by atoms with E-state index in [0.717, 1.165) is 10.5 Å². The van der Waals surface area contributed by atoms with Crippen LogP contribution in [0.5, 0.6) is 0 Å². The average molecular weight is 307 g/mol. The number of aromatic carboxylic acids is 1. The van der Waals surface area contributed by atoms with E-state index in [9.17, 15) is 4.79 Å². The van der Waals surface area contributed by atoms with Crippen molar-refractivity contribution >= 4 is 29.3 Å². The van der Waals surface area contributed by atoms with Crippen LogP contribution in [0.25, 0.3) is 11.3 Å². The Morgan fingerprint density at radius 1 is 1.30 bits per heavy atom. The van der Waals surface area contributed by atoms with Gasteiger partial charge in [0.25, 0.3) is 0 Å². The zero-order valence-electron chi connectivity index (χ0n) is 10.4. The fraction of sp³-hybridized carbons (Fsp3) is 0.214. The molecule has 1 saturated carbocycles. The molecule has 2 aromatic rings. The highest BCUT2D eigenvalue weighted by Crippen LogP contribution is 2.42. The third-order valence-corrected chi connectivity index (χ3v) is 4.77. The lowest BCUT2D eigenvalue weighted by atomic mass is 10.1. The summed E-state index contributed by atoms with van der Waals surface area (Å²) >= 11 is 8.06. The summed E-state index contributed by atoms with van der Waals surface area (Å²) in [6, 6.07) is 7.13. The third-order valence-electron chi connectivity index (χ3n) is 2.93. The maximum Gasteiger partial charge on any atom is 0.354 e. The molecule has 1 aliphatic carbocycles. The van der Waals surface area contributed by atoms with Crippen LogP contribution in [0.1, 0.15) is 23.3 Å². The molecule has 6 heteroatoms. The van der Waals surface area contributed by atoms with Gasteiger partial charge in [0.2, 0.25) is 0 Å². The van der Waals surface area contributed by atoms with Crippen molar-refractivity contribution in [3.05, 3.63) is 41.3 Å². The molecular formula is C14H11ClN2O2S. The summed E-state index contributed by atoms with van der Waals surface area (Å²) in [5, 5.41) is 10.3. The molecule has 1 aromatic carbocycles. The zero-order chi connectivity index (χ0) is 14.1. The first kappa shape index (κ1) is 13.4. The van der Waals surface area contributed by atoms with Crippen LogP contribution in [0.4, 0.5) is 0 Å². The Balaban J connectivity index is 1.91. The molecule has 1 aromatic heterocycles. The number of nitrogens with zero attached hydrogens (tertiary/aromatic N) is 2. The Kier molecular flexibility index (Phi) is 3.63. The fourth-order valence-corrected chi connectivity index (χ4v) is 3.12. The van der Waals surface area contributed by atoms with Crippen molar-refractivity contribution < 1.29 is 9.90 Å². The molecule has 1 heterocycles. The zero-order valence-corrected chi connectivity index (χ0v) is 12.0. The van der Waals surface area contributed by atoms with Crippen molar-refractivity contribution in [1.29, 1.82) is 0 Å². The monoisotopic (exact) mass is 306 g/mol. The van der Waals surface area contributed by atoms with Gasteiger partial charge in [-0.2, -0.15) is 0 Å². The van der Waals surface area contributed by atoms with Crippen LogP contribution in [0.15, 0.2) is 35.5 Å². The van der Waals surface area contributed by atoms with Gasteiger partial charge in [-0.15, -0.1) is 11.8 Å². The number of benzene rings is 1. The van der Waals surface area contributed by atoms with Crippen molar-refractivity contribution in [2.75, 3.05) is 0 Å². The van der Waals surface area contributed by atoms with Gasteiger partial charge in [0.15, 0.2) is 5.69 Å². The normalized spacial score (nSPS) is 14.2. The van der Waals surface area contributed by atoms with E-state index in [-0.39, 0.29) is 5.69 Å². The van der Waals surface area contributed by atoms with Crippen molar-refractivity contribution in [2.45, 2.75) is 23.0 Å². The first-order valence-electron chi connectivity index (χ1n) is 6.15. The number of aromatic nitrogens is 2. The van der Waals surface area contributed by atoms with Gasteiger partial charge in [-0.1, -0.05) is 17.7 Å². The van der Waals surface area contributed by atoms with Gasteiger partial charge < -0.3 is 5.11 Å². The van der Waals surface area contributed by atoms with E-state index in [0.29, 0.717) is 16.0 Å². The van der Waals surface area contributed by atoms with Gasteiger partial charge in [0, 0.05) is 15.7 Å². The minimum atomic E-state index is -1.07. The van der Waals surface area contributed by atoms with Crippen molar-refractivity contribution in [1.82, 2.24) is 9.97 Å². The number of carbonyl (C=O) groups is 1. The Morgan fingerprint density at radius 3 is 2.75 bits per heavy atom. The number of carboxylic acids is 1. The van der Waals surface area contributed by atoms with Gasteiger partial charge >= 0.3 is 5.97 Å². The highest BCUT2D eigenvalue weighted by Gasteiger charge is 2.23. The van der Waals surface area contributed by atoms with Gasteiger partial charge in [0.05, 0.1) is 10.7 Å². The number of hydrogen-bond donors (Lipinski definition) is 1. The highest BCUT2D eigenvalue weighted by molar-refractivity contribution is 8.00. The summed E-state index contributed by atoms with van der Waals surface area (Å²) < 4.78 is 0. The molecule has 0 amide bonds. The molecule has 0 aliphatic heterocycles. The maximum atomic E-state index is 10.9. The second-order valence-electron chi connectivity index (χ2n) is 4.56. The van der Waals surface area contributed by atoms with Crippen LogP contribution in [-0.4, -0.2) is 26.3 Å². The molecule has 1 N–H and O–H groups in total. The smallest absolute Gasteiger partial charge is 0.354 e. The molecule has 1 fully saturated rings. The summed E-state index contributed by atoms with van der Waals surface area (Å²) in [6.07, 6.45) is 3.74. The van der Waals surface area contributed by atoms with E-state index in [1.54, 1.807) is 11.8 Å². The number of carboxylic acid groups (broad SMARTS) is 1. The van der Waals surface area contributed by atoms with E-state index < -0.39 is 5.97 Å². The molecular weight excluding hydrogens is 296 g/mol. The average Bonchev–Trinajstić information content (AvgIpc) is 3.25. The van der Waals surface area contributed by atoms with Gasteiger partial charge in [-0.25, -0.2) is 14.8 Å². The highest BCUT2D eigenvalue weighted by atomic mass is 35.5. The molecule has 3 rings (SSSR count). The molecule has 0 spiro atoms. The van der Waals surface area contributed by atoms with Crippen LogP contribution < -0.4 is 0 Å². The number of halogens is 1. The van der Waals surface area contributed by atoms with E-state index in [2.05, 4.69) is 9.97 Å². The van der Waals surface area contributed by atoms with Crippen molar-refractivity contribution in [3.8, 4) is 11.3 Å². The predicted molar refractivity (Wildman–Crippen MR) is 78.3 cm³/mol. The quantitative estimate of drug-likeness (QED) is 0.932. The second-order valence-corrected chi connectivity index (χ2v) is 6.31. The van der Waals surface area contributed by atoms with Crippen LogP contribution in [-0.2, 0) is 0 Å². The van der Waals surface area contributed by atoms with Crippen LogP contribution in [0, 0.1) is 0 Å². The van der Waals surface area contributed by atoms with E-state index in [1.165, 1.54) is 25.2 Å². The summed E-state index contributed by atoms with van der Waals surface area (Å²) in [5.41, 5.74) is 1.32. The van der Waals surface area contributed by atoms with Crippen LogP contribution in [0.3, 0.4) is 0 Å². The number of rotatable bonds is 4. The lowest BCUT2D eigenvalue weighted by Gasteiger charge is -2.06. The molecule has 0 atom stereocenters. The van der Waals surface area contributed by atoms with E-state index in [1.807, 2.05) is 18.2 Å². The topological polar surface area (TPSA) is 63.1 Å². The maximum absolute atomic E-state index is 10.9.